The van der Waals surface area contributed by atoms with Crippen LogP contribution in [0.3, 0.4) is 0 Å². The first-order valence-electron chi connectivity index (χ1n) is 8.19. The molecule has 3 nitrogen and oxygen atoms in total. The van der Waals surface area contributed by atoms with E-state index in [9.17, 15) is 4.79 Å². The topological polar surface area (TPSA) is 42.0 Å². The van der Waals surface area contributed by atoms with Gasteiger partial charge in [-0.25, -0.2) is 4.98 Å². The Balaban J connectivity index is 2.02. The van der Waals surface area contributed by atoms with E-state index in [-0.39, 0.29) is 17.9 Å². The first-order chi connectivity index (χ1) is 9.97. The van der Waals surface area contributed by atoms with E-state index in [1.54, 1.807) is 11.3 Å². The van der Waals surface area contributed by atoms with Gasteiger partial charge in [-0.2, -0.15) is 0 Å². The van der Waals surface area contributed by atoms with Crippen LogP contribution in [0.1, 0.15) is 69.6 Å². The predicted molar refractivity (Wildman–Crippen MR) is 88.3 cm³/mol. The Hall–Kier alpha value is -0.900. The van der Waals surface area contributed by atoms with E-state index >= 15 is 0 Å². The average molecular weight is 308 g/mol. The molecule has 4 heteroatoms. The minimum absolute atomic E-state index is 0.0695. The molecule has 21 heavy (non-hydrogen) atoms. The van der Waals surface area contributed by atoms with Gasteiger partial charge in [0.2, 0.25) is 5.91 Å². The minimum atomic E-state index is 0.0695. The van der Waals surface area contributed by atoms with Crippen molar-refractivity contribution >= 4 is 17.2 Å². The molecule has 0 aromatic carbocycles. The van der Waals surface area contributed by atoms with Gasteiger partial charge < -0.3 is 5.32 Å². The van der Waals surface area contributed by atoms with Crippen molar-refractivity contribution in [2.45, 2.75) is 65.8 Å². The number of rotatable bonds is 6. The van der Waals surface area contributed by atoms with Crippen LogP contribution in [0.5, 0.6) is 0 Å². The molecule has 1 aromatic heterocycles. The van der Waals surface area contributed by atoms with Gasteiger partial charge in [0.1, 0.15) is 5.01 Å². The maximum atomic E-state index is 12.6. The second kappa shape index (κ2) is 7.39. The van der Waals surface area contributed by atoms with Gasteiger partial charge in [0, 0.05) is 17.0 Å². The summed E-state index contributed by atoms with van der Waals surface area (Å²) in [5.41, 5.74) is 1.04. The summed E-state index contributed by atoms with van der Waals surface area (Å²) in [7, 11) is 0. The Kier molecular flexibility index (Phi) is 5.80. The highest BCUT2D eigenvalue weighted by molar-refractivity contribution is 7.09. The molecule has 1 fully saturated rings. The fourth-order valence-electron chi connectivity index (χ4n) is 3.20. The molecule has 1 aliphatic rings. The third-order valence-corrected chi connectivity index (χ3v) is 5.56. The lowest BCUT2D eigenvalue weighted by Crippen LogP contribution is -2.36. The highest BCUT2D eigenvalue weighted by Crippen LogP contribution is 2.32. The average Bonchev–Trinajstić information content (AvgIpc) is 3.07. The van der Waals surface area contributed by atoms with E-state index in [1.807, 2.05) is 6.92 Å². The first-order valence-corrected chi connectivity index (χ1v) is 9.07. The molecule has 1 heterocycles. The smallest absolute Gasteiger partial charge is 0.223 e. The summed E-state index contributed by atoms with van der Waals surface area (Å²) in [6.45, 7) is 8.49. The Morgan fingerprint density at radius 2 is 2.05 bits per heavy atom. The molecule has 0 saturated heterocycles. The predicted octanol–water partition coefficient (Wildman–Crippen LogP) is 4.48. The normalized spacial score (nSPS) is 18.9. The number of carbonyl (C=O) groups excluding carboxylic acids is 1. The fourth-order valence-corrected chi connectivity index (χ4v) is 4.06. The Morgan fingerprint density at radius 1 is 1.38 bits per heavy atom. The zero-order chi connectivity index (χ0) is 15.4. The molecule has 1 saturated carbocycles. The van der Waals surface area contributed by atoms with Gasteiger partial charge in [-0.05, 0) is 38.0 Å². The van der Waals surface area contributed by atoms with Crippen molar-refractivity contribution in [3.05, 3.63) is 16.1 Å². The van der Waals surface area contributed by atoms with Gasteiger partial charge in [0.15, 0.2) is 0 Å². The van der Waals surface area contributed by atoms with E-state index in [1.165, 1.54) is 25.7 Å². The van der Waals surface area contributed by atoms with Crippen LogP contribution in [-0.2, 0) is 4.79 Å². The second-order valence-electron chi connectivity index (χ2n) is 6.85. The fraction of sp³-hybridized carbons (Fsp3) is 0.765. The maximum absolute atomic E-state index is 12.6. The number of amides is 1. The van der Waals surface area contributed by atoms with E-state index in [0.717, 1.165) is 17.1 Å². The lowest BCUT2D eigenvalue weighted by molar-refractivity contribution is -0.126. The number of aromatic nitrogens is 1. The van der Waals surface area contributed by atoms with Crippen LogP contribution >= 0.6 is 11.3 Å². The van der Waals surface area contributed by atoms with Crippen molar-refractivity contribution in [2.75, 3.05) is 0 Å². The van der Waals surface area contributed by atoms with Crippen LogP contribution in [0.15, 0.2) is 5.38 Å². The van der Waals surface area contributed by atoms with Gasteiger partial charge in [-0.15, -0.1) is 11.3 Å². The summed E-state index contributed by atoms with van der Waals surface area (Å²) in [4.78, 5) is 17.1. The standard InChI is InChI=1S/C17H28N2OS/c1-11(2)9-15(17-18-12(3)10-21-17)19-16(20)13(4)14-7-5-6-8-14/h10-11,13-15H,5-9H2,1-4H3,(H,19,20). The van der Waals surface area contributed by atoms with Gasteiger partial charge in [-0.1, -0.05) is 33.6 Å². The first kappa shape index (κ1) is 16.5. The lowest BCUT2D eigenvalue weighted by atomic mass is 9.91. The van der Waals surface area contributed by atoms with Crippen LogP contribution in [-0.4, -0.2) is 10.9 Å². The van der Waals surface area contributed by atoms with Crippen LogP contribution in [0, 0.1) is 24.7 Å². The van der Waals surface area contributed by atoms with Crippen LogP contribution in [0.2, 0.25) is 0 Å². The number of thiazole rings is 1. The zero-order valence-corrected chi connectivity index (χ0v) is 14.5. The van der Waals surface area contributed by atoms with Crippen molar-refractivity contribution in [1.82, 2.24) is 10.3 Å². The van der Waals surface area contributed by atoms with Crippen LogP contribution in [0.4, 0.5) is 0 Å². The number of aryl methyl sites for hydroxylation is 1. The van der Waals surface area contributed by atoms with Gasteiger partial charge in [-0.3, -0.25) is 4.79 Å². The molecule has 2 atom stereocenters. The van der Waals surface area contributed by atoms with Crippen LogP contribution in [0.25, 0.3) is 0 Å². The van der Waals surface area contributed by atoms with Gasteiger partial charge in [0.25, 0.3) is 0 Å². The molecular formula is C17H28N2OS. The molecule has 1 N–H and O–H groups in total. The second-order valence-corrected chi connectivity index (χ2v) is 7.74. The molecule has 0 bridgehead atoms. The summed E-state index contributed by atoms with van der Waals surface area (Å²) in [5, 5.41) is 6.38. The van der Waals surface area contributed by atoms with Gasteiger partial charge >= 0.3 is 0 Å². The number of hydrogen-bond acceptors (Lipinski definition) is 3. The van der Waals surface area contributed by atoms with E-state index in [2.05, 4.69) is 36.5 Å². The molecule has 1 aliphatic carbocycles. The Labute approximate surface area is 132 Å². The number of carbonyl (C=O) groups is 1. The number of hydrogen-bond donors (Lipinski definition) is 1. The molecular weight excluding hydrogens is 280 g/mol. The Morgan fingerprint density at radius 3 is 2.57 bits per heavy atom. The third kappa shape index (κ3) is 4.53. The summed E-state index contributed by atoms with van der Waals surface area (Å²) in [6, 6.07) is 0.0695. The van der Waals surface area contributed by atoms with Crippen molar-refractivity contribution in [3.63, 3.8) is 0 Å². The molecule has 0 aliphatic heterocycles. The van der Waals surface area contributed by atoms with Crippen molar-refractivity contribution in [1.29, 1.82) is 0 Å². The van der Waals surface area contributed by atoms with E-state index in [0.29, 0.717) is 11.8 Å². The third-order valence-electron chi connectivity index (χ3n) is 4.48. The molecule has 0 radical (unpaired) electrons. The highest BCUT2D eigenvalue weighted by atomic mass is 32.1. The number of nitrogens with zero attached hydrogens (tertiary/aromatic N) is 1. The SMILES string of the molecule is Cc1csc(C(CC(C)C)NC(=O)C(C)C2CCCC2)n1. The molecule has 1 aromatic rings. The van der Waals surface area contributed by atoms with Gasteiger partial charge in [0.05, 0.1) is 6.04 Å². The van der Waals surface area contributed by atoms with E-state index < -0.39 is 0 Å². The van der Waals surface area contributed by atoms with Crippen molar-refractivity contribution in [2.24, 2.45) is 17.8 Å². The zero-order valence-electron chi connectivity index (χ0n) is 13.7. The molecule has 118 valence electrons. The summed E-state index contributed by atoms with van der Waals surface area (Å²) in [6.07, 6.45) is 5.93. The van der Waals surface area contributed by atoms with E-state index in [4.69, 9.17) is 0 Å². The van der Waals surface area contributed by atoms with Crippen molar-refractivity contribution < 1.29 is 4.79 Å². The summed E-state index contributed by atoms with van der Waals surface area (Å²) in [5.74, 6) is 1.45. The monoisotopic (exact) mass is 308 g/mol. The highest BCUT2D eigenvalue weighted by Gasteiger charge is 2.29. The number of nitrogens with one attached hydrogen (secondary N) is 1. The molecule has 2 rings (SSSR count). The largest absolute Gasteiger partial charge is 0.347 e. The lowest BCUT2D eigenvalue weighted by Gasteiger charge is -2.23. The van der Waals surface area contributed by atoms with Crippen LogP contribution < -0.4 is 5.32 Å². The van der Waals surface area contributed by atoms with Crippen molar-refractivity contribution in [3.8, 4) is 0 Å². The minimum Gasteiger partial charge on any atom is -0.347 e. The summed E-state index contributed by atoms with van der Waals surface area (Å²) < 4.78 is 0. The quantitative estimate of drug-likeness (QED) is 0.842. The Bertz CT molecular complexity index is 463. The molecule has 0 spiro atoms. The molecule has 1 amide bonds. The molecule has 2 unspecified atom stereocenters. The maximum Gasteiger partial charge on any atom is 0.223 e. The summed E-state index contributed by atoms with van der Waals surface area (Å²) >= 11 is 1.66.